The molecule has 1 aromatic heterocycles. The van der Waals surface area contributed by atoms with E-state index in [9.17, 15) is 0 Å². The van der Waals surface area contributed by atoms with Crippen molar-refractivity contribution in [3.63, 3.8) is 0 Å². The van der Waals surface area contributed by atoms with Gasteiger partial charge in [-0.1, -0.05) is 46.6 Å². The Hall–Kier alpha value is -1.32. The molecule has 0 saturated carbocycles. The van der Waals surface area contributed by atoms with Crippen molar-refractivity contribution >= 4 is 28.1 Å². The van der Waals surface area contributed by atoms with E-state index in [1.165, 1.54) is 16.0 Å². The molecule has 0 amide bonds. The Morgan fingerprint density at radius 1 is 1.17 bits per heavy atom. The smallest absolute Gasteiger partial charge is 0.150 e. The Balaban J connectivity index is 2.04. The van der Waals surface area contributed by atoms with Crippen LogP contribution in [0.15, 0.2) is 41.6 Å². The molecule has 0 unspecified atom stereocenters. The van der Waals surface area contributed by atoms with Gasteiger partial charge in [-0.3, -0.25) is 0 Å². The highest BCUT2D eigenvalue weighted by Crippen LogP contribution is 2.21. The van der Waals surface area contributed by atoms with Crippen molar-refractivity contribution in [1.82, 2.24) is 0 Å². The van der Waals surface area contributed by atoms with E-state index >= 15 is 0 Å². The minimum Gasteiger partial charge on any atom is -0.410 e. The first-order valence-corrected chi connectivity index (χ1v) is 6.86. The highest BCUT2D eigenvalue weighted by molar-refractivity contribution is 7.12. The van der Waals surface area contributed by atoms with Gasteiger partial charge < -0.3 is 5.21 Å². The van der Waals surface area contributed by atoms with Gasteiger partial charge in [-0.25, -0.2) is 0 Å². The quantitative estimate of drug-likeness (QED) is 0.507. The van der Waals surface area contributed by atoms with Crippen LogP contribution in [0, 0.1) is 6.92 Å². The molecule has 2 aromatic rings. The predicted octanol–water partition coefficient (Wildman–Crippen LogP) is 4.22. The molecule has 0 aliphatic rings. The molecule has 1 N–H and O–H groups in total. The van der Waals surface area contributed by atoms with Crippen LogP contribution >= 0.6 is 22.9 Å². The highest BCUT2D eigenvalue weighted by Gasteiger charge is 2.04. The maximum Gasteiger partial charge on any atom is 0.150 e. The molecule has 18 heavy (non-hydrogen) atoms. The lowest BCUT2D eigenvalue weighted by Gasteiger charge is -1.99. The van der Waals surface area contributed by atoms with Gasteiger partial charge in [-0.05, 0) is 24.6 Å². The number of nitrogens with zero attached hydrogens (tertiary/aromatic N) is 1. The van der Waals surface area contributed by atoms with Crippen LogP contribution in [0.2, 0.25) is 0 Å². The minimum absolute atomic E-state index is 0.221. The zero-order valence-electron chi connectivity index (χ0n) is 10.1. The van der Waals surface area contributed by atoms with Gasteiger partial charge in [-0.2, -0.15) is 0 Å². The fraction of sp³-hybridized carbons (Fsp3) is 0.214. The number of thiophene rings is 1. The Labute approximate surface area is 116 Å². The number of benzene rings is 1. The summed E-state index contributed by atoms with van der Waals surface area (Å²) in [5.41, 5.74) is 2.58. The first kappa shape index (κ1) is 13.1. The monoisotopic (exact) mass is 279 g/mol. The second-order valence-corrected chi connectivity index (χ2v) is 5.87. The van der Waals surface area contributed by atoms with Gasteiger partial charge in [-0.15, -0.1) is 11.3 Å². The van der Waals surface area contributed by atoms with E-state index in [0.717, 1.165) is 11.3 Å². The molecule has 0 fully saturated rings. The minimum atomic E-state index is 0.221. The summed E-state index contributed by atoms with van der Waals surface area (Å²) in [5.74, 6) is 0. The van der Waals surface area contributed by atoms with E-state index in [-0.39, 0.29) is 5.17 Å². The standard InChI is InChI=1S/C14H14ClNOS/c1-10-2-4-11(5-3-10)8-12-6-7-13(18-12)9-14(15)16-17/h2-7,17H,8-9H2,1H3. The molecule has 2 nitrogen and oxygen atoms in total. The normalized spacial score (nSPS) is 11.8. The number of hydrogen-bond donors (Lipinski definition) is 1. The van der Waals surface area contributed by atoms with Crippen LogP contribution in [0.4, 0.5) is 0 Å². The van der Waals surface area contributed by atoms with Crippen molar-refractivity contribution in [2.75, 3.05) is 0 Å². The Bertz CT molecular complexity index is 545. The molecular weight excluding hydrogens is 266 g/mol. The molecular formula is C14H14ClNOS. The second kappa shape index (κ2) is 6.03. The van der Waals surface area contributed by atoms with Gasteiger partial charge >= 0.3 is 0 Å². The fourth-order valence-electron chi connectivity index (χ4n) is 1.70. The maximum absolute atomic E-state index is 8.52. The summed E-state index contributed by atoms with van der Waals surface area (Å²) < 4.78 is 0. The Morgan fingerprint density at radius 3 is 2.50 bits per heavy atom. The molecule has 1 aromatic carbocycles. The first-order chi connectivity index (χ1) is 8.67. The second-order valence-electron chi connectivity index (χ2n) is 4.18. The topological polar surface area (TPSA) is 32.6 Å². The summed E-state index contributed by atoms with van der Waals surface area (Å²) in [5, 5.41) is 11.7. The largest absolute Gasteiger partial charge is 0.410 e. The van der Waals surface area contributed by atoms with Crippen LogP contribution in [-0.4, -0.2) is 10.4 Å². The molecule has 1 heterocycles. The van der Waals surface area contributed by atoms with Crippen molar-refractivity contribution in [3.05, 3.63) is 57.3 Å². The van der Waals surface area contributed by atoms with Crippen LogP contribution in [0.1, 0.15) is 20.9 Å². The highest BCUT2D eigenvalue weighted by atomic mass is 35.5. The maximum atomic E-state index is 8.52. The van der Waals surface area contributed by atoms with Crippen LogP contribution in [-0.2, 0) is 12.8 Å². The van der Waals surface area contributed by atoms with Crippen LogP contribution < -0.4 is 0 Å². The lowest BCUT2D eigenvalue weighted by atomic mass is 10.1. The number of aryl methyl sites for hydroxylation is 1. The fourth-order valence-corrected chi connectivity index (χ4v) is 2.98. The number of halogens is 1. The molecule has 4 heteroatoms. The van der Waals surface area contributed by atoms with Crippen LogP contribution in [0.3, 0.4) is 0 Å². The van der Waals surface area contributed by atoms with Crippen molar-refractivity contribution in [2.24, 2.45) is 5.16 Å². The molecule has 94 valence electrons. The van der Waals surface area contributed by atoms with Crippen molar-refractivity contribution < 1.29 is 5.21 Å². The summed E-state index contributed by atoms with van der Waals surface area (Å²) in [4.78, 5) is 2.40. The number of rotatable bonds is 4. The van der Waals surface area contributed by atoms with Crippen LogP contribution in [0.5, 0.6) is 0 Å². The molecule has 0 aliphatic heterocycles. The Kier molecular flexibility index (Phi) is 4.39. The van der Waals surface area contributed by atoms with Gasteiger partial charge in [0, 0.05) is 22.6 Å². The summed E-state index contributed by atoms with van der Waals surface area (Å²) in [6, 6.07) is 12.7. The van der Waals surface area contributed by atoms with E-state index in [2.05, 4.69) is 42.4 Å². The Morgan fingerprint density at radius 2 is 1.83 bits per heavy atom. The van der Waals surface area contributed by atoms with Gasteiger partial charge in [0.05, 0.1) is 0 Å². The van der Waals surface area contributed by atoms with Crippen molar-refractivity contribution in [3.8, 4) is 0 Å². The van der Waals surface area contributed by atoms with Crippen molar-refractivity contribution in [2.45, 2.75) is 19.8 Å². The average Bonchev–Trinajstić information content (AvgIpc) is 2.79. The molecule has 0 aliphatic carbocycles. The van der Waals surface area contributed by atoms with Gasteiger partial charge in [0.1, 0.15) is 0 Å². The third-order valence-electron chi connectivity index (χ3n) is 2.64. The van der Waals surface area contributed by atoms with Gasteiger partial charge in [0.25, 0.3) is 0 Å². The molecule has 0 atom stereocenters. The molecule has 0 spiro atoms. The number of hydrogen-bond acceptors (Lipinski definition) is 3. The average molecular weight is 280 g/mol. The zero-order valence-corrected chi connectivity index (χ0v) is 11.6. The van der Waals surface area contributed by atoms with E-state index in [1.54, 1.807) is 11.3 Å². The zero-order chi connectivity index (χ0) is 13.0. The lowest BCUT2D eigenvalue weighted by Crippen LogP contribution is -1.90. The molecule has 0 saturated heterocycles. The molecule has 0 radical (unpaired) electrons. The summed E-state index contributed by atoms with van der Waals surface area (Å²) in [7, 11) is 0. The van der Waals surface area contributed by atoms with E-state index < -0.39 is 0 Å². The lowest BCUT2D eigenvalue weighted by molar-refractivity contribution is 0.319. The third-order valence-corrected chi connectivity index (χ3v) is 3.94. The van der Waals surface area contributed by atoms with E-state index in [0.29, 0.717) is 6.42 Å². The van der Waals surface area contributed by atoms with E-state index in [1.807, 2.05) is 6.07 Å². The molecule has 2 rings (SSSR count). The van der Waals surface area contributed by atoms with Crippen molar-refractivity contribution in [1.29, 1.82) is 0 Å². The summed E-state index contributed by atoms with van der Waals surface area (Å²) in [6.07, 6.45) is 1.43. The summed E-state index contributed by atoms with van der Waals surface area (Å²) >= 11 is 7.39. The first-order valence-electron chi connectivity index (χ1n) is 5.67. The predicted molar refractivity (Wildman–Crippen MR) is 77.1 cm³/mol. The summed E-state index contributed by atoms with van der Waals surface area (Å²) in [6.45, 7) is 2.09. The SMILES string of the molecule is Cc1ccc(Cc2ccc(CC(Cl)=NO)s2)cc1. The number of oxime groups is 1. The van der Waals surface area contributed by atoms with Crippen LogP contribution in [0.25, 0.3) is 0 Å². The van der Waals surface area contributed by atoms with Gasteiger partial charge in [0.15, 0.2) is 5.17 Å². The van der Waals surface area contributed by atoms with Gasteiger partial charge in [0.2, 0.25) is 0 Å². The third kappa shape index (κ3) is 3.59. The molecule has 0 bridgehead atoms. The van der Waals surface area contributed by atoms with E-state index in [4.69, 9.17) is 16.8 Å².